The van der Waals surface area contributed by atoms with E-state index in [4.69, 9.17) is 14.6 Å². The minimum Gasteiger partial charge on any atom is -0.488 e. The molecule has 0 unspecified atom stereocenters. The number of amides is 1. The number of benzene rings is 3. The molecule has 1 aliphatic heterocycles. The van der Waals surface area contributed by atoms with Gasteiger partial charge in [-0.05, 0) is 35.2 Å². The standard InChI is InChI=1S/C27H28N2O5/c30-26(28-12-13-29-14-16-33-17-15-29)23(18-20-8-10-22(11-9-20)27(31)32)19-34-25-7-3-5-21-4-1-2-6-24(21)25/h1-11,18H,12-17,19H2,(H,28,30)(H,31,32). The first kappa shape index (κ1) is 23.5. The molecule has 176 valence electrons. The third kappa shape index (κ3) is 6.21. The molecule has 0 aromatic heterocycles. The van der Waals surface area contributed by atoms with Gasteiger partial charge in [-0.25, -0.2) is 4.79 Å². The number of ether oxygens (including phenoxy) is 2. The molecule has 0 bridgehead atoms. The number of nitrogens with one attached hydrogen (secondary N) is 1. The highest BCUT2D eigenvalue weighted by Crippen LogP contribution is 2.25. The highest BCUT2D eigenvalue weighted by molar-refractivity contribution is 5.98. The molecule has 34 heavy (non-hydrogen) atoms. The Labute approximate surface area is 198 Å². The molecule has 3 aromatic carbocycles. The molecule has 7 nitrogen and oxygen atoms in total. The van der Waals surface area contributed by atoms with E-state index < -0.39 is 5.97 Å². The SMILES string of the molecule is O=C(NCCN1CCOCC1)C(=Cc1ccc(C(=O)O)cc1)COc1cccc2ccccc12. The van der Waals surface area contributed by atoms with Crippen LogP contribution in [0.4, 0.5) is 0 Å². The summed E-state index contributed by atoms with van der Waals surface area (Å²) in [6.07, 6.45) is 1.74. The molecule has 2 N–H and O–H groups in total. The van der Waals surface area contributed by atoms with Crippen LogP contribution in [-0.2, 0) is 9.53 Å². The Morgan fingerprint density at radius 1 is 1.00 bits per heavy atom. The van der Waals surface area contributed by atoms with Crippen molar-refractivity contribution in [2.24, 2.45) is 0 Å². The summed E-state index contributed by atoms with van der Waals surface area (Å²) in [6, 6.07) is 20.2. The predicted molar refractivity (Wildman–Crippen MR) is 131 cm³/mol. The van der Waals surface area contributed by atoms with Crippen LogP contribution < -0.4 is 10.1 Å². The molecule has 1 heterocycles. The van der Waals surface area contributed by atoms with Crippen LogP contribution in [0.1, 0.15) is 15.9 Å². The number of aromatic carboxylic acids is 1. The number of morpholine rings is 1. The number of carbonyl (C=O) groups excluding carboxylic acids is 1. The van der Waals surface area contributed by atoms with E-state index in [9.17, 15) is 9.59 Å². The summed E-state index contributed by atoms with van der Waals surface area (Å²) < 4.78 is 11.5. The number of fused-ring (bicyclic) bond motifs is 1. The normalized spacial score (nSPS) is 14.6. The average molecular weight is 461 g/mol. The quantitative estimate of drug-likeness (QED) is 0.476. The molecule has 0 saturated carbocycles. The Bertz CT molecular complexity index is 1160. The van der Waals surface area contributed by atoms with Crippen LogP contribution in [0.15, 0.2) is 72.3 Å². The van der Waals surface area contributed by atoms with Crippen LogP contribution in [0, 0.1) is 0 Å². The molecule has 3 aromatic rings. The molecule has 0 spiro atoms. The Kier molecular flexibility index (Phi) is 7.91. The molecule has 1 amide bonds. The molecule has 0 radical (unpaired) electrons. The Morgan fingerprint density at radius 2 is 1.74 bits per heavy atom. The molecule has 1 aliphatic rings. The molecule has 1 fully saturated rings. The first-order chi connectivity index (χ1) is 16.6. The monoisotopic (exact) mass is 460 g/mol. The second-order valence-electron chi connectivity index (χ2n) is 8.07. The van der Waals surface area contributed by atoms with Gasteiger partial charge in [-0.1, -0.05) is 48.5 Å². The maximum atomic E-state index is 13.1. The summed E-state index contributed by atoms with van der Waals surface area (Å²) in [5.41, 5.74) is 1.38. The lowest BCUT2D eigenvalue weighted by molar-refractivity contribution is -0.117. The van der Waals surface area contributed by atoms with Gasteiger partial charge in [0.15, 0.2) is 0 Å². The highest BCUT2D eigenvalue weighted by Gasteiger charge is 2.14. The largest absolute Gasteiger partial charge is 0.488 e. The fraction of sp³-hybridized carbons (Fsp3) is 0.259. The summed E-state index contributed by atoms with van der Waals surface area (Å²) in [6.45, 7) is 4.49. The van der Waals surface area contributed by atoms with Crippen LogP contribution in [-0.4, -0.2) is 67.9 Å². The summed E-state index contributed by atoms with van der Waals surface area (Å²) in [4.78, 5) is 26.5. The average Bonchev–Trinajstić information content (AvgIpc) is 2.87. The summed E-state index contributed by atoms with van der Waals surface area (Å²) in [7, 11) is 0. The Balaban J connectivity index is 1.49. The fourth-order valence-corrected chi connectivity index (χ4v) is 3.84. The number of carboxylic acids is 1. The van der Waals surface area contributed by atoms with E-state index in [0.717, 1.165) is 36.0 Å². The summed E-state index contributed by atoms with van der Waals surface area (Å²) in [5.74, 6) is -0.502. The van der Waals surface area contributed by atoms with Crippen molar-refractivity contribution >= 4 is 28.7 Å². The van der Waals surface area contributed by atoms with Crippen molar-refractivity contribution in [1.29, 1.82) is 0 Å². The summed E-state index contributed by atoms with van der Waals surface area (Å²) in [5, 5.41) is 14.2. The molecular weight excluding hydrogens is 432 g/mol. The molecule has 0 atom stereocenters. The molecule has 0 aliphatic carbocycles. The number of carbonyl (C=O) groups is 2. The third-order valence-electron chi connectivity index (χ3n) is 5.74. The van der Waals surface area contributed by atoms with Crippen molar-refractivity contribution in [2.75, 3.05) is 46.0 Å². The van der Waals surface area contributed by atoms with E-state index in [2.05, 4.69) is 10.2 Å². The van der Waals surface area contributed by atoms with E-state index in [0.29, 0.717) is 31.1 Å². The molecule has 4 rings (SSSR count). The van der Waals surface area contributed by atoms with Crippen LogP contribution in [0.3, 0.4) is 0 Å². The maximum Gasteiger partial charge on any atom is 0.335 e. The first-order valence-electron chi connectivity index (χ1n) is 11.3. The predicted octanol–water partition coefficient (Wildman–Crippen LogP) is 3.45. The van der Waals surface area contributed by atoms with Gasteiger partial charge in [0.05, 0.1) is 24.4 Å². The fourth-order valence-electron chi connectivity index (χ4n) is 3.84. The van der Waals surface area contributed by atoms with Crippen molar-refractivity contribution in [1.82, 2.24) is 10.2 Å². The lowest BCUT2D eigenvalue weighted by Crippen LogP contribution is -2.41. The number of carboxylic acid groups (broad SMARTS) is 1. The molecule has 7 heteroatoms. The van der Waals surface area contributed by atoms with E-state index >= 15 is 0 Å². The number of nitrogens with zero attached hydrogens (tertiary/aromatic N) is 1. The van der Waals surface area contributed by atoms with Crippen LogP contribution >= 0.6 is 0 Å². The number of hydrogen-bond donors (Lipinski definition) is 2. The van der Waals surface area contributed by atoms with Crippen LogP contribution in [0.5, 0.6) is 5.75 Å². The highest BCUT2D eigenvalue weighted by atomic mass is 16.5. The lowest BCUT2D eigenvalue weighted by Gasteiger charge is -2.26. The smallest absolute Gasteiger partial charge is 0.335 e. The minimum absolute atomic E-state index is 0.0814. The van der Waals surface area contributed by atoms with Crippen molar-refractivity contribution in [3.05, 3.63) is 83.4 Å². The van der Waals surface area contributed by atoms with Gasteiger partial charge >= 0.3 is 5.97 Å². The van der Waals surface area contributed by atoms with Crippen LogP contribution in [0.25, 0.3) is 16.8 Å². The Hall–Kier alpha value is -3.68. The van der Waals surface area contributed by atoms with Gasteiger partial charge in [-0.15, -0.1) is 0 Å². The maximum absolute atomic E-state index is 13.1. The summed E-state index contributed by atoms with van der Waals surface area (Å²) >= 11 is 0. The van der Waals surface area contributed by atoms with E-state index in [1.807, 2.05) is 42.5 Å². The van der Waals surface area contributed by atoms with Gasteiger partial charge in [0.25, 0.3) is 5.91 Å². The van der Waals surface area contributed by atoms with Crippen molar-refractivity contribution in [3.8, 4) is 5.75 Å². The zero-order chi connectivity index (χ0) is 23.8. The zero-order valence-corrected chi connectivity index (χ0v) is 18.9. The first-order valence-corrected chi connectivity index (χ1v) is 11.3. The van der Waals surface area contributed by atoms with Gasteiger partial charge in [0.2, 0.25) is 0 Å². The minimum atomic E-state index is -0.990. The second kappa shape index (κ2) is 11.4. The number of rotatable bonds is 9. The second-order valence-corrected chi connectivity index (χ2v) is 8.07. The van der Waals surface area contributed by atoms with Gasteiger partial charge in [-0.2, -0.15) is 0 Å². The lowest BCUT2D eigenvalue weighted by atomic mass is 10.1. The zero-order valence-electron chi connectivity index (χ0n) is 18.9. The van der Waals surface area contributed by atoms with Crippen molar-refractivity contribution < 1.29 is 24.2 Å². The van der Waals surface area contributed by atoms with Crippen LogP contribution in [0.2, 0.25) is 0 Å². The van der Waals surface area contributed by atoms with Gasteiger partial charge in [0.1, 0.15) is 12.4 Å². The van der Waals surface area contributed by atoms with Gasteiger partial charge in [-0.3, -0.25) is 9.69 Å². The van der Waals surface area contributed by atoms with Gasteiger partial charge in [0, 0.05) is 31.6 Å². The van der Waals surface area contributed by atoms with Gasteiger partial charge < -0.3 is 19.9 Å². The third-order valence-corrected chi connectivity index (χ3v) is 5.74. The topological polar surface area (TPSA) is 88.1 Å². The van der Waals surface area contributed by atoms with E-state index in [1.165, 1.54) is 12.1 Å². The number of hydrogen-bond acceptors (Lipinski definition) is 5. The van der Waals surface area contributed by atoms with E-state index in [1.54, 1.807) is 18.2 Å². The Morgan fingerprint density at radius 3 is 2.50 bits per heavy atom. The van der Waals surface area contributed by atoms with Crippen molar-refractivity contribution in [3.63, 3.8) is 0 Å². The van der Waals surface area contributed by atoms with E-state index in [-0.39, 0.29) is 18.1 Å². The van der Waals surface area contributed by atoms with Crippen molar-refractivity contribution in [2.45, 2.75) is 0 Å². The molecule has 1 saturated heterocycles. The molecular formula is C27H28N2O5.